The van der Waals surface area contributed by atoms with Crippen LogP contribution in [0, 0.1) is 5.92 Å². The second-order valence-electron chi connectivity index (χ2n) is 9.90. The monoisotopic (exact) mass is 518 g/mol. The summed E-state index contributed by atoms with van der Waals surface area (Å²) in [5.41, 5.74) is 3.65. The van der Waals surface area contributed by atoms with Crippen molar-refractivity contribution in [2.75, 3.05) is 12.0 Å². The number of hydrogen-bond acceptors (Lipinski definition) is 4. The van der Waals surface area contributed by atoms with Gasteiger partial charge in [0.15, 0.2) is 0 Å². The van der Waals surface area contributed by atoms with E-state index in [0.717, 1.165) is 12.0 Å². The summed E-state index contributed by atoms with van der Waals surface area (Å²) in [6.45, 7) is 0. The van der Waals surface area contributed by atoms with Crippen LogP contribution in [0.5, 0.6) is 0 Å². The Balaban J connectivity index is 1.63. The van der Waals surface area contributed by atoms with Crippen molar-refractivity contribution in [2.24, 2.45) is 5.92 Å². The Morgan fingerprint density at radius 3 is 1.84 bits per heavy atom. The predicted molar refractivity (Wildman–Crippen MR) is 156 cm³/mol. The molecule has 0 saturated carbocycles. The van der Waals surface area contributed by atoms with Crippen LogP contribution < -0.4 is 0 Å². The molecule has 2 bridgehead atoms. The Bertz CT molecular complexity index is 1650. The van der Waals surface area contributed by atoms with Crippen LogP contribution in [0.15, 0.2) is 109 Å². The Morgan fingerprint density at radius 1 is 0.730 bits per heavy atom. The van der Waals surface area contributed by atoms with Crippen LogP contribution in [-0.2, 0) is 15.9 Å². The molecule has 2 aliphatic rings. The lowest BCUT2D eigenvalue weighted by molar-refractivity contribution is -0.0482. The Hall–Kier alpha value is -3.05. The highest BCUT2D eigenvalue weighted by Gasteiger charge is 2.66. The van der Waals surface area contributed by atoms with E-state index in [4.69, 9.17) is 4.74 Å². The van der Waals surface area contributed by atoms with Crippen molar-refractivity contribution in [3.8, 4) is 0 Å². The predicted octanol–water partition coefficient (Wildman–Crippen LogP) is 8.75. The fraction of sp³-hybridized carbons (Fsp3) is 0.182. The molecule has 0 amide bonds. The van der Waals surface area contributed by atoms with Gasteiger partial charge in [-0.2, -0.15) is 0 Å². The first kappa shape index (κ1) is 23.1. The van der Waals surface area contributed by atoms with Crippen LogP contribution in [0.3, 0.4) is 0 Å². The van der Waals surface area contributed by atoms with E-state index in [9.17, 15) is 4.79 Å². The highest BCUT2D eigenvalue weighted by Crippen LogP contribution is 2.68. The summed E-state index contributed by atoms with van der Waals surface area (Å²) < 4.78 is 7.71. The van der Waals surface area contributed by atoms with Crippen molar-refractivity contribution in [3.05, 3.63) is 131 Å². The van der Waals surface area contributed by atoms with E-state index in [2.05, 4.69) is 109 Å². The largest absolute Gasteiger partial charge is 0.349 e. The van der Waals surface area contributed by atoms with Crippen molar-refractivity contribution >= 4 is 49.5 Å². The third-order valence-corrected chi connectivity index (χ3v) is 10.2. The topological polar surface area (TPSA) is 26.3 Å². The van der Waals surface area contributed by atoms with Crippen LogP contribution in [0.25, 0.3) is 21.5 Å². The van der Waals surface area contributed by atoms with Crippen LogP contribution >= 0.6 is 23.5 Å². The molecule has 5 aromatic rings. The number of carbonyl (C=O) groups excluding carboxylic acids is 1. The zero-order chi connectivity index (χ0) is 25.0. The van der Waals surface area contributed by atoms with E-state index in [0.29, 0.717) is 5.75 Å². The van der Waals surface area contributed by atoms with Crippen LogP contribution in [0.1, 0.15) is 28.7 Å². The molecule has 5 aromatic carbocycles. The molecule has 0 aromatic heterocycles. The highest BCUT2D eigenvalue weighted by atomic mass is 32.2. The molecule has 3 atom stereocenters. The normalized spacial score (nSPS) is 24.0. The molecule has 1 fully saturated rings. The fourth-order valence-electron chi connectivity index (χ4n) is 6.80. The Morgan fingerprint density at radius 2 is 1.24 bits per heavy atom. The first-order chi connectivity index (χ1) is 18.2. The van der Waals surface area contributed by atoms with E-state index in [-0.39, 0.29) is 10.4 Å². The molecule has 2 aliphatic heterocycles. The molecule has 2 nitrogen and oxygen atoms in total. The summed E-state index contributed by atoms with van der Waals surface area (Å²) in [5.74, 6) is 0.845. The van der Waals surface area contributed by atoms with Crippen molar-refractivity contribution in [2.45, 2.75) is 17.6 Å². The van der Waals surface area contributed by atoms with Gasteiger partial charge >= 0.3 is 0 Å². The molecule has 0 radical (unpaired) electrons. The van der Waals surface area contributed by atoms with Gasteiger partial charge in [-0.3, -0.25) is 4.79 Å². The van der Waals surface area contributed by atoms with Gasteiger partial charge in [-0.1, -0.05) is 133 Å². The van der Waals surface area contributed by atoms with Gasteiger partial charge in [0.1, 0.15) is 11.2 Å². The number of benzene rings is 5. The summed E-state index contributed by atoms with van der Waals surface area (Å²) in [5, 5.41) is 5.00. The van der Waals surface area contributed by atoms with E-state index < -0.39 is 11.2 Å². The summed E-state index contributed by atoms with van der Waals surface area (Å²) in [4.78, 5) is 12.5. The summed E-state index contributed by atoms with van der Waals surface area (Å²) in [6, 6.07) is 38.9. The molecule has 0 aliphatic carbocycles. The van der Waals surface area contributed by atoms with Gasteiger partial charge in [0.2, 0.25) is 4.45 Å². The number of ether oxygens (including phenoxy) is 1. The Kier molecular flexibility index (Phi) is 5.47. The number of rotatable bonds is 4. The molecular formula is C33H26O2S2. The van der Waals surface area contributed by atoms with Gasteiger partial charge < -0.3 is 4.74 Å². The summed E-state index contributed by atoms with van der Waals surface area (Å²) in [7, 11) is 0. The fourth-order valence-corrected chi connectivity index (χ4v) is 8.17. The molecule has 0 N–H and O–H groups in total. The standard InChI is InChI=1S/C33H26O2S2/c1-36-31(34)37-21-24-20-32(22-12-4-2-5-13-22)29-27-18-10-8-16-25(27)26-17-9-11-19-28(26)30(29)33(24,35-32)23-14-6-3-7-15-23/h2-19,24H,20-21H2,1H3/t24-,32+,33+/m0/s1. The molecule has 4 heteroatoms. The van der Waals surface area contributed by atoms with Crippen molar-refractivity contribution in [1.82, 2.24) is 0 Å². The number of thioether (sulfide) groups is 2. The van der Waals surface area contributed by atoms with Crippen molar-refractivity contribution in [3.63, 3.8) is 0 Å². The van der Waals surface area contributed by atoms with E-state index >= 15 is 0 Å². The van der Waals surface area contributed by atoms with Gasteiger partial charge in [-0.05, 0) is 45.3 Å². The zero-order valence-electron chi connectivity index (χ0n) is 20.5. The van der Waals surface area contributed by atoms with Gasteiger partial charge in [0, 0.05) is 22.8 Å². The van der Waals surface area contributed by atoms with Gasteiger partial charge in [-0.15, -0.1) is 0 Å². The second kappa shape index (κ2) is 8.76. The minimum absolute atomic E-state index is 0.133. The maximum absolute atomic E-state index is 12.5. The first-order valence-corrected chi connectivity index (χ1v) is 14.9. The SMILES string of the molecule is CSC(=O)SC[C@@H]1C[C@]2(c3ccccc3)O[C@@]1(c1ccccc1)c1c2c2ccccc2c2ccccc12. The van der Waals surface area contributed by atoms with Gasteiger partial charge in [0.05, 0.1) is 0 Å². The van der Waals surface area contributed by atoms with E-state index in [1.807, 2.05) is 6.26 Å². The molecule has 7 rings (SSSR count). The third-order valence-electron chi connectivity index (χ3n) is 8.16. The number of hydrogen-bond donors (Lipinski definition) is 0. The second-order valence-corrected chi connectivity index (χ2v) is 11.9. The molecular weight excluding hydrogens is 492 g/mol. The lowest BCUT2D eigenvalue weighted by Crippen LogP contribution is -2.35. The lowest BCUT2D eigenvalue weighted by atomic mass is 9.64. The van der Waals surface area contributed by atoms with Gasteiger partial charge in [0.25, 0.3) is 0 Å². The maximum atomic E-state index is 12.5. The van der Waals surface area contributed by atoms with Crippen molar-refractivity contribution < 1.29 is 9.53 Å². The van der Waals surface area contributed by atoms with Gasteiger partial charge in [-0.25, -0.2) is 0 Å². The maximum Gasteiger partial charge on any atom is 0.245 e. The molecule has 1 saturated heterocycles. The summed E-state index contributed by atoms with van der Waals surface area (Å²) in [6.07, 6.45) is 2.69. The average Bonchev–Trinajstić information content (AvgIpc) is 3.49. The minimum Gasteiger partial charge on any atom is -0.349 e. The highest BCUT2D eigenvalue weighted by molar-refractivity contribution is 8.38. The van der Waals surface area contributed by atoms with Crippen LogP contribution in [-0.4, -0.2) is 16.5 Å². The third kappa shape index (κ3) is 3.22. The first-order valence-electron chi connectivity index (χ1n) is 12.7. The zero-order valence-corrected chi connectivity index (χ0v) is 22.1. The smallest absolute Gasteiger partial charge is 0.245 e. The van der Waals surface area contributed by atoms with E-state index in [1.54, 1.807) is 0 Å². The minimum atomic E-state index is -0.651. The molecule has 0 spiro atoms. The number of fused-ring (bicyclic) bond motifs is 10. The molecule has 182 valence electrons. The Labute approximate surface area is 225 Å². The quantitative estimate of drug-likeness (QED) is 0.222. The lowest BCUT2D eigenvalue weighted by Gasteiger charge is -2.36. The average molecular weight is 519 g/mol. The molecule has 2 heterocycles. The van der Waals surface area contributed by atoms with E-state index in [1.165, 1.54) is 61.8 Å². The van der Waals surface area contributed by atoms with Crippen LogP contribution in [0.4, 0.5) is 4.79 Å². The molecule has 0 unspecified atom stereocenters. The summed E-state index contributed by atoms with van der Waals surface area (Å²) >= 11 is 2.72. The molecule has 37 heavy (non-hydrogen) atoms. The number of carbonyl (C=O) groups is 1. The van der Waals surface area contributed by atoms with Crippen LogP contribution in [0.2, 0.25) is 0 Å². The van der Waals surface area contributed by atoms with Crippen molar-refractivity contribution in [1.29, 1.82) is 0 Å².